The van der Waals surface area contributed by atoms with E-state index < -0.39 is 17.9 Å². The molecular weight excluding hydrogens is 220 g/mol. The minimum atomic E-state index is -0.746. The molecule has 88 valence electrons. The smallest absolute Gasteiger partial charge is 0.346 e. The summed E-state index contributed by atoms with van der Waals surface area (Å²) in [6.07, 6.45) is -0.376. The van der Waals surface area contributed by atoms with Gasteiger partial charge in [-0.05, 0) is 12.5 Å². The van der Waals surface area contributed by atoms with Gasteiger partial charge in [0.2, 0.25) is 0 Å². The van der Waals surface area contributed by atoms with Crippen LogP contribution in [-0.2, 0) is 20.7 Å². The molecule has 1 aromatic carbocycles. The van der Waals surface area contributed by atoms with Crippen molar-refractivity contribution in [2.45, 2.75) is 19.4 Å². The van der Waals surface area contributed by atoms with Crippen molar-refractivity contribution in [2.24, 2.45) is 0 Å². The highest BCUT2D eigenvalue weighted by Gasteiger charge is 2.36. The predicted molar refractivity (Wildman–Crippen MR) is 60.4 cm³/mol. The molecule has 0 bridgehead atoms. The largest absolute Gasteiger partial charge is 0.507 e. The van der Waals surface area contributed by atoms with Crippen molar-refractivity contribution in [2.75, 3.05) is 0 Å². The number of Topliss-reactive ketones (excluding diaryl/α,β-unsaturated/α-hetero) is 1. The molecule has 4 nitrogen and oxygen atoms in total. The maximum absolute atomic E-state index is 11.4. The van der Waals surface area contributed by atoms with Gasteiger partial charge in [-0.2, -0.15) is 0 Å². The van der Waals surface area contributed by atoms with Crippen LogP contribution in [0.25, 0.3) is 0 Å². The molecule has 17 heavy (non-hydrogen) atoms. The maximum atomic E-state index is 11.4. The topological polar surface area (TPSA) is 63.6 Å². The summed E-state index contributed by atoms with van der Waals surface area (Å²) < 4.78 is 4.97. The lowest BCUT2D eigenvalue weighted by molar-refractivity contribution is -0.140. The van der Waals surface area contributed by atoms with E-state index in [1.54, 1.807) is 0 Å². The first-order valence-electron chi connectivity index (χ1n) is 5.28. The average molecular weight is 232 g/mol. The van der Waals surface area contributed by atoms with Crippen molar-refractivity contribution in [3.8, 4) is 0 Å². The van der Waals surface area contributed by atoms with Crippen LogP contribution in [0, 0.1) is 0 Å². The quantitative estimate of drug-likeness (QED) is 0.634. The van der Waals surface area contributed by atoms with Crippen molar-refractivity contribution in [3.63, 3.8) is 0 Å². The van der Waals surface area contributed by atoms with Gasteiger partial charge in [-0.1, -0.05) is 30.3 Å². The van der Waals surface area contributed by atoms with E-state index in [2.05, 4.69) is 0 Å². The van der Waals surface area contributed by atoms with Gasteiger partial charge >= 0.3 is 5.97 Å². The molecule has 0 radical (unpaired) electrons. The summed E-state index contributed by atoms with van der Waals surface area (Å²) in [7, 11) is 0. The molecule has 4 heteroatoms. The number of cyclic esters (lactones) is 1. The lowest BCUT2D eigenvalue weighted by Crippen LogP contribution is -2.14. The Morgan fingerprint density at radius 3 is 2.53 bits per heavy atom. The summed E-state index contributed by atoms with van der Waals surface area (Å²) in [5.74, 6) is -1.47. The molecule has 0 spiro atoms. The third kappa shape index (κ3) is 2.20. The van der Waals surface area contributed by atoms with E-state index in [0.717, 1.165) is 5.56 Å². The van der Waals surface area contributed by atoms with Crippen LogP contribution < -0.4 is 0 Å². The molecule has 0 fully saturated rings. The van der Waals surface area contributed by atoms with Crippen molar-refractivity contribution in [3.05, 3.63) is 47.2 Å². The number of esters is 1. The maximum Gasteiger partial charge on any atom is 0.346 e. The molecule has 1 aliphatic rings. The zero-order chi connectivity index (χ0) is 12.4. The van der Waals surface area contributed by atoms with Crippen LogP contribution in [0.15, 0.2) is 41.7 Å². The summed E-state index contributed by atoms with van der Waals surface area (Å²) >= 11 is 0. The molecule has 0 aliphatic carbocycles. The highest BCUT2D eigenvalue weighted by atomic mass is 16.6. The summed E-state index contributed by atoms with van der Waals surface area (Å²) in [4.78, 5) is 22.5. The fourth-order valence-electron chi connectivity index (χ4n) is 1.80. The van der Waals surface area contributed by atoms with Crippen LogP contribution in [0.5, 0.6) is 0 Å². The molecule has 1 heterocycles. The molecule has 2 rings (SSSR count). The molecule has 1 aromatic rings. The highest BCUT2D eigenvalue weighted by molar-refractivity contribution is 6.18. The number of hydrogen-bond acceptors (Lipinski definition) is 4. The standard InChI is InChI=1S/C13H12O4/c1-8(14)11-12(15)10(17-13(11)16)7-9-5-3-2-4-6-9/h2-6,10,15H,7H2,1H3. The van der Waals surface area contributed by atoms with Gasteiger partial charge in [-0.15, -0.1) is 0 Å². The number of ether oxygens (including phenoxy) is 1. The second-order valence-electron chi connectivity index (χ2n) is 3.90. The first kappa shape index (κ1) is 11.4. The lowest BCUT2D eigenvalue weighted by atomic mass is 10.0. The Morgan fingerprint density at radius 1 is 1.35 bits per heavy atom. The number of rotatable bonds is 3. The molecule has 1 unspecified atom stereocenters. The van der Waals surface area contributed by atoms with Crippen LogP contribution in [0.2, 0.25) is 0 Å². The molecule has 1 atom stereocenters. The Hall–Kier alpha value is -2.10. The van der Waals surface area contributed by atoms with Crippen LogP contribution >= 0.6 is 0 Å². The van der Waals surface area contributed by atoms with E-state index in [1.165, 1.54) is 6.92 Å². The molecule has 0 aromatic heterocycles. The number of carbonyl (C=O) groups excluding carboxylic acids is 2. The average Bonchev–Trinajstić information content (AvgIpc) is 2.55. The molecule has 0 amide bonds. The Kier molecular flexibility index (Phi) is 2.95. The summed E-state index contributed by atoms with van der Waals surface area (Å²) in [5, 5.41) is 9.76. The first-order chi connectivity index (χ1) is 8.09. The Morgan fingerprint density at radius 2 is 2.00 bits per heavy atom. The zero-order valence-electron chi connectivity index (χ0n) is 9.34. The third-order valence-electron chi connectivity index (χ3n) is 2.63. The number of aliphatic hydroxyl groups excluding tert-OH is 1. The van der Waals surface area contributed by atoms with E-state index in [-0.39, 0.29) is 11.3 Å². The molecule has 0 saturated heterocycles. The Labute approximate surface area is 98.5 Å². The number of ketones is 1. The summed E-state index contributed by atoms with van der Waals surface area (Å²) in [6, 6.07) is 9.33. The van der Waals surface area contributed by atoms with E-state index >= 15 is 0 Å². The van der Waals surface area contributed by atoms with Gasteiger partial charge in [0.05, 0.1) is 0 Å². The van der Waals surface area contributed by atoms with Gasteiger partial charge in [0, 0.05) is 6.42 Å². The SMILES string of the molecule is CC(=O)C1=C(O)C(Cc2ccccc2)OC1=O. The molecular formula is C13H12O4. The Balaban J connectivity index is 2.20. The van der Waals surface area contributed by atoms with Gasteiger partial charge in [-0.3, -0.25) is 4.79 Å². The van der Waals surface area contributed by atoms with Crippen LogP contribution in [-0.4, -0.2) is 23.0 Å². The number of benzene rings is 1. The highest BCUT2D eigenvalue weighted by Crippen LogP contribution is 2.24. The van der Waals surface area contributed by atoms with Gasteiger partial charge in [-0.25, -0.2) is 4.79 Å². The first-order valence-corrected chi connectivity index (χ1v) is 5.28. The van der Waals surface area contributed by atoms with Crippen molar-refractivity contribution in [1.29, 1.82) is 0 Å². The lowest BCUT2D eigenvalue weighted by Gasteiger charge is -2.09. The van der Waals surface area contributed by atoms with Gasteiger partial charge in [0.1, 0.15) is 5.57 Å². The molecule has 0 saturated carbocycles. The fraction of sp³-hybridized carbons (Fsp3) is 0.231. The second-order valence-corrected chi connectivity index (χ2v) is 3.90. The van der Waals surface area contributed by atoms with Crippen molar-refractivity contribution >= 4 is 11.8 Å². The van der Waals surface area contributed by atoms with Crippen LogP contribution in [0.4, 0.5) is 0 Å². The van der Waals surface area contributed by atoms with Crippen molar-refractivity contribution < 1.29 is 19.4 Å². The molecule has 1 N–H and O–H groups in total. The number of hydrogen-bond donors (Lipinski definition) is 1. The minimum Gasteiger partial charge on any atom is -0.507 e. The number of carbonyl (C=O) groups is 2. The third-order valence-corrected chi connectivity index (χ3v) is 2.63. The zero-order valence-corrected chi connectivity index (χ0v) is 9.34. The summed E-state index contributed by atoms with van der Waals surface area (Å²) in [6.45, 7) is 1.23. The van der Waals surface area contributed by atoms with E-state index in [9.17, 15) is 14.7 Å². The van der Waals surface area contributed by atoms with Crippen LogP contribution in [0.1, 0.15) is 12.5 Å². The normalized spacial score (nSPS) is 19.4. The fourth-order valence-corrected chi connectivity index (χ4v) is 1.80. The van der Waals surface area contributed by atoms with E-state index in [4.69, 9.17) is 4.74 Å². The van der Waals surface area contributed by atoms with Gasteiger partial charge < -0.3 is 9.84 Å². The van der Waals surface area contributed by atoms with Gasteiger partial charge in [0.15, 0.2) is 17.6 Å². The van der Waals surface area contributed by atoms with E-state index in [0.29, 0.717) is 6.42 Å². The number of aliphatic hydroxyl groups is 1. The monoisotopic (exact) mass is 232 g/mol. The Bertz CT molecular complexity index is 487. The van der Waals surface area contributed by atoms with Gasteiger partial charge in [0.25, 0.3) is 0 Å². The van der Waals surface area contributed by atoms with Crippen LogP contribution in [0.3, 0.4) is 0 Å². The summed E-state index contributed by atoms with van der Waals surface area (Å²) in [5.41, 5.74) is 0.701. The minimum absolute atomic E-state index is 0.231. The van der Waals surface area contributed by atoms with Crippen molar-refractivity contribution in [1.82, 2.24) is 0 Å². The second kappa shape index (κ2) is 4.41. The predicted octanol–water partition coefficient (Wildman–Crippen LogP) is 1.56. The molecule has 1 aliphatic heterocycles. The van der Waals surface area contributed by atoms with E-state index in [1.807, 2.05) is 30.3 Å².